The lowest BCUT2D eigenvalue weighted by atomic mass is 10.2. The molecule has 0 rings (SSSR count). The Balaban J connectivity index is 4.71. The first-order valence-electron chi connectivity index (χ1n) is 6.05. The highest BCUT2D eigenvalue weighted by Crippen LogP contribution is 2.37. The third kappa shape index (κ3) is 5.07. The molecule has 0 saturated carbocycles. The average Bonchev–Trinajstić information content (AvgIpc) is 2.21. The van der Waals surface area contributed by atoms with Crippen molar-refractivity contribution in [1.29, 1.82) is 0 Å². The molecule has 0 aliphatic carbocycles. The van der Waals surface area contributed by atoms with Crippen molar-refractivity contribution in [3.05, 3.63) is 11.6 Å². The van der Waals surface area contributed by atoms with Gasteiger partial charge in [0.2, 0.25) is 0 Å². The lowest BCUT2D eigenvalue weighted by molar-refractivity contribution is -0.132. The second kappa shape index (κ2) is 6.21. The summed E-state index contributed by atoms with van der Waals surface area (Å²) in [4.78, 5) is 10.7. The van der Waals surface area contributed by atoms with Gasteiger partial charge in [0.15, 0.2) is 8.32 Å². The summed E-state index contributed by atoms with van der Waals surface area (Å²) in [5.41, 5.74) is 0.300. The number of carbonyl (C=O) groups is 1. The maximum atomic E-state index is 10.7. The second-order valence-electron chi connectivity index (χ2n) is 5.96. The standard InChI is InChI=1S/C14H24O3Si/c1-8-12(10-9-11(2)13(15)16)17-18(6,7)14(3,4)5/h1,9,12H,10H2,2-7H3,(H,15,16)/b11-9+/t12-/m0/s1. The van der Waals surface area contributed by atoms with Crippen molar-refractivity contribution in [3.8, 4) is 12.3 Å². The molecule has 0 aliphatic heterocycles. The number of carboxylic acids is 1. The summed E-state index contributed by atoms with van der Waals surface area (Å²) in [7, 11) is -1.91. The van der Waals surface area contributed by atoms with E-state index < -0.39 is 14.3 Å². The summed E-state index contributed by atoms with van der Waals surface area (Å²) < 4.78 is 6.05. The summed E-state index contributed by atoms with van der Waals surface area (Å²) in [6.45, 7) is 12.2. The van der Waals surface area contributed by atoms with Gasteiger partial charge in [-0.2, -0.15) is 0 Å². The van der Waals surface area contributed by atoms with Gasteiger partial charge < -0.3 is 9.53 Å². The second-order valence-corrected chi connectivity index (χ2v) is 10.7. The third-order valence-corrected chi connectivity index (χ3v) is 7.89. The molecule has 0 aromatic rings. The fourth-order valence-corrected chi connectivity index (χ4v) is 2.28. The van der Waals surface area contributed by atoms with Crippen LogP contribution in [0.15, 0.2) is 11.6 Å². The van der Waals surface area contributed by atoms with Crippen LogP contribution in [0.3, 0.4) is 0 Å². The molecule has 0 unspecified atom stereocenters. The third-order valence-electron chi connectivity index (χ3n) is 3.40. The first kappa shape index (κ1) is 16.9. The van der Waals surface area contributed by atoms with E-state index in [4.69, 9.17) is 16.0 Å². The van der Waals surface area contributed by atoms with Gasteiger partial charge in [-0.1, -0.05) is 32.8 Å². The summed E-state index contributed by atoms with van der Waals surface area (Å²) in [5, 5.41) is 8.87. The molecule has 0 aliphatic rings. The van der Waals surface area contributed by atoms with Crippen molar-refractivity contribution >= 4 is 14.3 Å². The fourth-order valence-electron chi connectivity index (χ4n) is 1.05. The zero-order valence-corrected chi connectivity index (χ0v) is 13.2. The Morgan fingerprint density at radius 3 is 2.33 bits per heavy atom. The smallest absolute Gasteiger partial charge is 0.330 e. The minimum Gasteiger partial charge on any atom is -0.478 e. The van der Waals surface area contributed by atoms with Gasteiger partial charge in [-0.05, 0) is 25.1 Å². The van der Waals surface area contributed by atoms with E-state index in [2.05, 4.69) is 39.8 Å². The predicted octanol–water partition coefficient (Wildman–Crippen LogP) is 3.43. The quantitative estimate of drug-likeness (QED) is 0.472. The molecule has 4 heteroatoms. The van der Waals surface area contributed by atoms with E-state index >= 15 is 0 Å². The van der Waals surface area contributed by atoms with Crippen molar-refractivity contribution in [1.82, 2.24) is 0 Å². The highest BCUT2D eigenvalue weighted by Gasteiger charge is 2.38. The van der Waals surface area contributed by atoms with E-state index in [1.165, 1.54) is 0 Å². The van der Waals surface area contributed by atoms with E-state index in [-0.39, 0.29) is 11.1 Å². The number of carboxylic acid groups (broad SMARTS) is 1. The Bertz CT molecular complexity index is 369. The van der Waals surface area contributed by atoms with Crippen LogP contribution >= 0.6 is 0 Å². The van der Waals surface area contributed by atoms with Gasteiger partial charge in [0.1, 0.15) is 6.10 Å². The van der Waals surface area contributed by atoms with Gasteiger partial charge in [0, 0.05) is 12.0 Å². The summed E-state index contributed by atoms with van der Waals surface area (Å²) in [6, 6.07) is 0. The zero-order valence-electron chi connectivity index (χ0n) is 12.2. The van der Waals surface area contributed by atoms with Crippen LogP contribution in [-0.2, 0) is 9.22 Å². The molecule has 0 heterocycles. The van der Waals surface area contributed by atoms with Crippen LogP contribution in [0.1, 0.15) is 34.1 Å². The molecule has 18 heavy (non-hydrogen) atoms. The van der Waals surface area contributed by atoms with Crippen molar-refractivity contribution < 1.29 is 14.3 Å². The number of terminal acetylenes is 1. The first-order chi connectivity index (χ1) is 8.01. The number of aliphatic carboxylic acids is 1. The van der Waals surface area contributed by atoms with Crippen LogP contribution in [0.25, 0.3) is 0 Å². The Hall–Kier alpha value is -1.05. The average molecular weight is 268 g/mol. The van der Waals surface area contributed by atoms with E-state index in [0.717, 1.165) is 0 Å². The molecule has 3 nitrogen and oxygen atoms in total. The van der Waals surface area contributed by atoms with Gasteiger partial charge in [-0.25, -0.2) is 4.79 Å². The highest BCUT2D eigenvalue weighted by atomic mass is 28.4. The minimum atomic E-state index is -1.91. The monoisotopic (exact) mass is 268 g/mol. The van der Waals surface area contributed by atoms with Gasteiger partial charge in [0.25, 0.3) is 0 Å². The van der Waals surface area contributed by atoms with Crippen LogP contribution < -0.4 is 0 Å². The summed E-state index contributed by atoms with van der Waals surface area (Å²) in [6.07, 6.45) is 7.18. The van der Waals surface area contributed by atoms with Crippen molar-refractivity contribution in [2.75, 3.05) is 0 Å². The number of rotatable bonds is 5. The highest BCUT2D eigenvalue weighted by molar-refractivity contribution is 6.74. The van der Waals surface area contributed by atoms with Gasteiger partial charge in [-0.15, -0.1) is 6.42 Å². The number of hydrogen-bond donors (Lipinski definition) is 1. The molecule has 0 spiro atoms. The van der Waals surface area contributed by atoms with Crippen LogP contribution in [0.2, 0.25) is 18.1 Å². The predicted molar refractivity (Wildman–Crippen MR) is 76.9 cm³/mol. The summed E-state index contributed by atoms with van der Waals surface area (Å²) in [5.74, 6) is 1.68. The van der Waals surface area contributed by atoms with E-state index in [0.29, 0.717) is 12.0 Å². The van der Waals surface area contributed by atoms with E-state index in [1.54, 1.807) is 13.0 Å². The maximum Gasteiger partial charge on any atom is 0.330 e. The van der Waals surface area contributed by atoms with Crippen LogP contribution in [0.5, 0.6) is 0 Å². The molecule has 0 aromatic heterocycles. The molecule has 1 atom stereocenters. The largest absolute Gasteiger partial charge is 0.478 e. The van der Waals surface area contributed by atoms with Gasteiger partial charge in [-0.3, -0.25) is 0 Å². The Kier molecular flexibility index (Phi) is 5.85. The minimum absolute atomic E-state index is 0.0909. The van der Waals surface area contributed by atoms with Crippen molar-refractivity contribution in [2.24, 2.45) is 0 Å². The van der Waals surface area contributed by atoms with Crippen LogP contribution in [-0.4, -0.2) is 25.5 Å². The van der Waals surface area contributed by atoms with E-state index in [9.17, 15) is 4.79 Å². The fraction of sp³-hybridized carbons (Fsp3) is 0.643. The summed E-state index contributed by atoms with van der Waals surface area (Å²) >= 11 is 0. The lowest BCUT2D eigenvalue weighted by Gasteiger charge is -2.37. The van der Waals surface area contributed by atoms with Gasteiger partial charge in [0.05, 0.1) is 0 Å². The van der Waals surface area contributed by atoms with Crippen LogP contribution in [0.4, 0.5) is 0 Å². The molecule has 0 radical (unpaired) electrons. The molecule has 0 bridgehead atoms. The topological polar surface area (TPSA) is 46.5 Å². The van der Waals surface area contributed by atoms with Gasteiger partial charge >= 0.3 is 5.97 Å². The first-order valence-corrected chi connectivity index (χ1v) is 8.96. The Labute approximate surface area is 111 Å². The molecule has 0 amide bonds. The number of hydrogen-bond acceptors (Lipinski definition) is 2. The zero-order chi connectivity index (χ0) is 14.6. The van der Waals surface area contributed by atoms with Crippen LogP contribution in [0, 0.1) is 12.3 Å². The molecule has 0 aromatic carbocycles. The molecular weight excluding hydrogens is 244 g/mol. The van der Waals surface area contributed by atoms with Crippen molar-refractivity contribution in [3.63, 3.8) is 0 Å². The molecule has 102 valence electrons. The normalized spacial score (nSPS) is 15.1. The maximum absolute atomic E-state index is 10.7. The molecular formula is C14H24O3Si. The Morgan fingerprint density at radius 1 is 1.50 bits per heavy atom. The molecule has 0 fully saturated rings. The molecule has 1 N–H and O–H groups in total. The van der Waals surface area contributed by atoms with Crippen molar-refractivity contribution in [2.45, 2.75) is 58.4 Å². The SMILES string of the molecule is C#C[C@@H](C/C=C(\C)C(=O)O)O[Si](C)(C)C(C)(C)C. The van der Waals surface area contributed by atoms with E-state index in [1.807, 2.05) is 0 Å². The molecule has 0 saturated heterocycles. The lowest BCUT2D eigenvalue weighted by Crippen LogP contribution is -2.43. The Morgan fingerprint density at radius 2 is 2.00 bits per heavy atom.